The van der Waals surface area contributed by atoms with Crippen molar-refractivity contribution in [2.45, 2.75) is 37.2 Å². The maximum atomic E-state index is 12.7. The molecule has 1 aliphatic heterocycles. The Labute approximate surface area is 126 Å². The summed E-state index contributed by atoms with van der Waals surface area (Å²) in [5.74, 6) is -0.0551. The number of sulfonamides is 1. The topological polar surface area (TPSA) is 63.7 Å². The Morgan fingerprint density at radius 2 is 2.19 bits per heavy atom. The summed E-state index contributed by atoms with van der Waals surface area (Å²) >= 11 is 0. The first-order valence-electron chi connectivity index (χ1n) is 7.15. The Bertz CT molecular complexity index is 612. The van der Waals surface area contributed by atoms with Crippen LogP contribution in [0, 0.1) is 0 Å². The third-order valence-corrected chi connectivity index (χ3v) is 5.65. The number of carbonyl (C=O) groups is 1. The number of hydrogen-bond acceptors (Lipinski definition) is 4. The normalized spacial score (nSPS) is 20.4. The monoisotopic (exact) mass is 311 g/mol. The van der Waals surface area contributed by atoms with Gasteiger partial charge in [0.05, 0.1) is 11.0 Å². The van der Waals surface area contributed by atoms with E-state index in [1.165, 1.54) is 16.4 Å². The van der Waals surface area contributed by atoms with Gasteiger partial charge in [-0.15, -0.1) is 0 Å². The molecule has 1 unspecified atom stereocenters. The van der Waals surface area contributed by atoms with Gasteiger partial charge in [-0.05, 0) is 25.0 Å². The first kappa shape index (κ1) is 16.1. The van der Waals surface area contributed by atoms with Gasteiger partial charge in [0.2, 0.25) is 10.0 Å². The first-order valence-corrected chi connectivity index (χ1v) is 8.59. The lowest BCUT2D eigenvalue weighted by Gasteiger charge is -2.31. The van der Waals surface area contributed by atoms with Crippen molar-refractivity contribution < 1.29 is 17.9 Å². The van der Waals surface area contributed by atoms with Crippen molar-refractivity contribution in [3.8, 4) is 0 Å². The van der Waals surface area contributed by atoms with Crippen LogP contribution < -0.4 is 0 Å². The lowest BCUT2D eigenvalue weighted by molar-refractivity contribution is 0.0572. The summed E-state index contributed by atoms with van der Waals surface area (Å²) in [6, 6.07) is 6.28. The van der Waals surface area contributed by atoms with E-state index >= 15 is 0 Å². The fourth-order valence-electron chi connectivity index (χ4n) is 2.50. The lowest BCUT2D eigenvalue weighted by atomic mass is 10.1. The van der Waals surface area contributed by atoms with Gasteiger partial charge < -0.3 is 4.74 Å². The third kappa shape index (κ3) is 3.51. The molecular weight excluding hydrogens is 290 g/mol. The minimum atomic E-state index is -3.57. The van der Waals surface area contributed by atoms with Crippen molar-refractivity contribution in [2.24, 2.45) is 0 Å². The van der Waals surface area contributed by atoms with Gasteiger partial charge >= 0.3 is 0 Å². The van der Waals surface area contributed by atoms with E-state index in [-0.39, 0.29) is 16.8 Å². The Balaban J connectivity index is 2.29. The van der Waals surface area contributed by atoms with Crippen LogP contribution in [0.5, 0.6) is 0 Å². The van der Waals surface area contributed by atoms with Gasteiger partial charge in [-0.3, -0.25) is 4.79 Å². The lowest BCUT2D eigenvalue weighted by Crippen LogP contribution is -2.42. The average molecular weight is 311 g/mol. The number of Topliss-reactive ketones (excluding diaryl/α,β-unsaturated/α-hetero) is 1. The molecule has 2 rings (SSSR count). The molecule has 0 radical (unpaired) electrons. The zero-order valence-electron chi connectivity index (χ0n) is 12.4. The molecular formula is C15H21NO4S. The molecule has 5 nitrogen and oxygen atoms in total. The van der Waals surface area contributed by atoms with E-state index in [0.717, 1.165) is 12.8 Å². The van der Waals surface area contributed by atoms with Crippen LogP contribution in [0.2, 0.25) is 0 Å². The van der Waals surface area contributed by atoms with Crippen LogP contribution in [-0.2, 0) is 14.8 Å². The number of methoxy groups -OCH3 is 1. The molecule has 1 heterocycles. The van der Waals surface area contributed by atoms with Crippen LogP contribution in [-0.4, -0.2) is 44.8 Å². The van der Waals surface area contributed by atoms with E-state index in [4.69, 9.17) is 4.74 Å². The van der Waals surface area contributed by atoms with Gasteiger partial charge in [-0.2, -0.15) is 4.31 Å². The van der Waals surface area contributed by atoms with E-state index in [9.17, 15) is 13.2 Å². The average Bonchev–Trinajstić information content (AvgIpc) is 2.54. The Hall–Kier alpha value is -1.24. The number of ether oxygens (including phenoxy) is 1. The molecule has 1 aliphatic rings. The summed E-state index contributed by atoms with van der Waals surface area (Å²) in [4.78, 5) is 11.9. The summed E-state index contributed by atoms with van der Waals surface area (Å²) in [5.41, 5.74) is 0.443. The fourth-order valence-corrected chi connectivity index (χ4v) is 4.06. The second-order valence-corrected chi connectivity index (χ2v) is 7.11. The second kappa shape index (κ2) is 6.68. The van der Waals surface area contributed by atoms with Crippen LogP contribution >= 0.6 is 0 Å². The summed E-state index contributed by atoms with van der Waals surface area (Å²) in [7, 11) is -1.97. The fraction of sp³-hybridized carbons (Fsp3) is 0.533. The van der Waals surface area contributed by atoms with Gasteiger partial charge in [-0.1, -0.05) is 19.1 Å². The van der Waals surface area contributed by atoms with E-state index in [2.05, 4.69) is 0 Å². The van der Waals surface area contributed by atoms with Crippen LogP contribution in [0.15, 0.2) is 29.2 Å². The maximum absolute atomic E-state index is 12.7. The van der Waals surface area contributed by atoms with Crippen molar-refractivity contribution >= 4 is 15.8 Å². The van der Waals surface area contributed by atoms with Crippen molar-refractivity contribution in [3.63, 3.8) is 0 Å². The standard InChI is InChI=1S/C15H21NO4S/c1-3-15(17)12-6-4-8-14(10-12)21(18,19)16-9-5-7-13(11-16)20-2/h4,6,8,10,13H,3,5,7,9,11H2,1-2H3. The van der Waals surface area contributed by atoms with Crippen LogP contribution in [0.25, 0.3) is 0 Å². The SMILES string of the molecule is CCC(=O)c1cccc(S(=O)(=O)N2CCCC(OC)C2)c1. The Morgan fingerprint density at radius 1 is 1.43 bits per heavy atom. The molecule has 0 aromatic heterocycles. The molecule has 1 fully saturated rings. The van der Waals surface area contributed by atoms with Gasteiger partial charge in [0.1, 0.15) is 0 Å². The van der Waals surface area contributed by atoms with E-state index < -0.39 is 10.0 Å². The molecule has 1 saturated heterocycles. The Kier molecular flexibility index (Phi) is 5.13. The number of piperidine rings is 1. The number of carbonyl (C=O) groups excluding carboxylic acids is 1. The molecule has 21 heavy (non-hydrogen) atoms. The van der Waals surface area contributed by atoms with Gasteiger partial charge in [0.15, 0.2) is 5.78 Å². The number of hydrogen-bond donors (Lipinski definition) is 0. The summed E-state index contributed by atoms with van der Waals surface area (Å²) in [6.07, 6.45) is 1.95. The molecule has 116 valence electrons. The molecule has 6 heteroatoms. The van der Waals surface area contributed by atoms with Crippen LogP contribution in [0.4, 0.5) is 0 Å². The molecule has 0 amide bonds. The number of rotatable bonds is 5. The van der Waals surface area contributed by atoms with Gasteiger partial charge in [0.25, 0.3) is 0 Å². The van der Waals surface area contributed by atoms with Crippen LogP contribution in [0.1, 0.15) is 36.5 Å². The summed E-state index contributed by atoms with van der Waals surface area (Å²) in [6.45, 7) is 2.62. The quantitative estimate of drug-likeness (QED) is 0.781. The second-order valence-electron chi connectivity index (χ2n) is 5.17. The molecule has 1 aromatic rings. The smallest absolute Gasteiger partial charge is 0.243 e. The van der Waals surface area contributed by atoms with Crippen molar-refractivity contribution in [1.29, 1.82) is 0 Å². The zero-order valence-corrected chi connectivity index (χ0v) is 13.2. The number of nitrogens with zero attached hydrogens (tertiary/aromatic N) is 1. The van der Waals surface area contributed by atoms with Crippen molar-refractivity contribution in [1.82, 2.24) is 4.31 Å². The largest absolute Gasteiger partial charge is 0.380 e. The molecule has 1 atom stereocenters. The molecule has 0 spiro atoms. The molecule has 1 aromatic carbocycles. The highest BCUT2D eigenvalue weighted by molar-refractivity contribution is 7.89. The predicted molar refractivity (Wildman–Crippen MR) is 79.9 cm³/mol. The highest BCUT2D eigenvalue weighted by atomic mass is 32.2. The molecule has 0 saturated carbocycles. The maximum Gasteiger partial charge on any atom is 0.243 e. The number of benzene rings is 1. The molecule has 0 bridgehead atoms. The zero-order chi connectivity index (χ0) is 15.5. The molecule has 0 aliphatic carbocycles. The minimum Gasteiger partial charge on any atom is -0.380 e. The minimum absolute atomic E-state index is 0.0551. The van der Waals surface area contributed by atoms with Gasteiger partial charge in [0, 0.05) is 32.2 Å². The first-order chi connectivity index (χ1) is 9.98. The van der Waals surface area contributed by atoms with Crippen molar-refractivity contribution in [2.75, 3.05) is 20.2 Å². The summed E-state index contributed by atoms with van der Waals surface area (Å²) in [5, 5.41) is 0. The van der Waals surface area contributed by atoms with Gasteiger partial charge in [-0.25, -0.2) is 8.42 Å². The van der Waals surface area contributed by atoms with E-state index in [1.54, 1.807) is 26.2 Å². The van der Waals surface area contributed by atoms with E-state index in [0.29, 0.717) is 25.1 Å². The Morgan fingerprint density at radius 3 is 2.86 bits per heavy atom. The number of ketones is 1. The van der Waals surface area contributed by atoms with Crippen LogP contribution in [0.3, 0.4) is 0 Å². The highest BCUT2D eigenvalue weighted by Gasteiger charge is 2.30. The van der Waals surface area contributed by atoms with E-state index in [1.807, 2.05) is 0 Å². The van der Waals surface area contributed by atoms with Crippen molar-refractivity contribution in [3.05, 3.63) is 29.8 Å². The third-order valence-electron chi connectivity index (χ3n) is 3.79. The summed E-state index contributed by atoms with van der Waals surface area (Å²) < 4.78 is 32.1. The predicted octanol–water partition coefficient (Wildman–Crippen LogP) is 2.08. The molecule has 0 N–H and O–H groups in total. The highest BCUT2D eigenvalue weighted by Crippen LogP contribution is 2.22.